The molecule has 2 N–H and O–H groups in total. The van der Waals surface area contributed by atoms with Crippen molar-refractivity contribution in [1.82, 2.24) is 9.55 Å². The molecule has 1 heterocycles. The molecule has 0 aliphatic rings. The summed E-state index contributed by atoms with van der Waals surface area (Å²) in [5.41, 5.74) is 5.65. The van der Waals surface area contributed by atoms with E-state index in [-0.39, 0.29) is 11.0 Å². The molecule has 0 radical (unpaired) electrons. The van der Waals surface area contributed by atoms with Crippen molar-refractivity contribution in [3.8, 4) is 0 Å². The zero-order valence-electron chi connectivity index (χ0n) is 11.8. The maximum atomic E-state index is 12.2. The van der Waals surface area contributed by atoms with Crippen LogP contribution in [-0.2, 0) is 6.54 Å². The average Bonchev–Trinajstić information content (AvgIpc) is 2.31. The summed E-state index contributed by atoms with van der Waals surface area (Å²) in [5, 5.41) is 0. The van der Waals surface area contributed by atoms with E-state index >= 15 is 0 Å². The summed E-state index contributed by atoms with van der Waals surface area (Å²) >= 11 is 0. The third kappa shape index (κ3) is 3.57. The SMILES string of the molecule is CCCn1ccnc(N(C)CC(C)(C)CN)c1=O. The van der Waals surface area contributed by atoms with Crippen molar-refractivity contribution in [2.45, 2.75) is 33.7 Å². The van der Waals surface area contributed by atoms with Crippen LogP contribution in [0.5, 0.6) is 0 Å². The summed E-state index contributed by atoms with van der Waals surface area (Å²) in [4.78, 5) is 18.3. The van der Waals surface area contributed by atoms with Gasteiger partial charge in [0.15, 0.2) is 5.82 Å². The van der Waals surface area contributed by atoms with Crippen LogP contribution in [0.2, 0.25) is 0 Å². The second kappa shape index (κ2) is 6.00. The van der Waals surface area contributed by atoms with E-state index in [1.165, 1.54) is 0 Å². The second-order valence-corrected chi connectivity index (χ2v) is 5.47. The number of hydrogen-bond donors (Lipinski definition) is 1. The molecule has 0 unspecified atom stereocenters. The smallest absolute Gasteiger partial charge is 0.293 e. The van der Waals surface area contributed by atoms with Crippen LogP contribution >= 0.6 is 0 Å². The van der Waals surface area contributed by atoms with E-state index in [1.807, 2.05) is 18.9 Å². The molecule has 0 aliphatic heterocycles. The molecule has 0 amide bonds. The molecule has 1 aromatic rings. The summed E-state index contributed by atoms with van der Waals surface area (Å²) in [6.07, 6.45) is 4.34. The van der Waals surface area contributed by atoms with Crippen molar-refractivity contribution >= 4 is 5.82 Å². The van der Waals surface area contributed by atoms with Crippen LogP contribution in [0.3, 0.4) is 0 Å². The van der Waals surface area contributed by atoms with Gasteiger partial charge in [-0.2, -0.15) is 0 Å². The van der Waals surface area contributed by atoms with E-state index in [1.54, 1.807) is 17.0 Å². The predicted octanol–water partition coefficient (Wildman–Crippen LogP) is 1.07. The Morgan fingerprint density at radius 2 is 2.17 bits per heavy atom. The molecule has 102 valence electrons. The lowest BCUT2D eigenvalue weighted by Gasteiger charge is -2.29. The van der Waals surface area contributed by atoms with Crippen LogP contribution < -0.4 is 16.2 Å². The molecular weight excluding hydrogens is 228 g/mol. The van der Waals surface area contributed by atoms with E-state index in [2.05, 4.69) is 18.8 Å². The molecule has 18 heavy (non-hydrogen) atoms. The first kappa shape index (κ1) is 14.7. The minimum Gasteiger partial charge on any atom is -0.355 e. The fourth-order valence-electron chi connectivity index (χ4n) is 1.90. The van der Waals surface area contributed by atoms with E-state index < -0.39 is 0 Å². The Bertz CT molecular complexity index is 439. The summed E-state index contributed by atoms with van der Waals surface area (Å²) in [5.74, 6) is 0.493. The summed E-state index contributed by atoms with van der Waals surface area (Å²) in [6, 6.07) is 0. The molecule has 0 fully saturated rings. The van der Waals surface area contributed by atoms with Crippen molar-refractivity contribution in [3.05, 3.63) is 22.7 Å². The number of hydrogen-bond acceptors (Lipinski definition) is 4. The normalized spacial score (nSPS) is 11.6. The fraction of sp³-hybridized carbons (Fsp3) is 0.692. The zero-order valence-corrected chi connectivity index (χ0v) is 11.8. The molecule has 0 bridgehead atoms. The maximum absolute atomic E-state index is 12.2. The maximum Gasteiger partial charge on any atom is 0.293 e. The van der Waals surface area contributed by atoms with E-state index in [4.69, 9.17) is 5.73 Å². The molecule has 0 spiro atoms. The lowest BCUT2D eigenvalue weighted by atomic mass is 9.93. The van der Waals surface area contributed by atoms with Gasteiger partial charge in [0.25, 0.3) is 5.56 Å². The minimum absolute atomic E-state index is 0.0327. The van der Waals surface area contributed by atoms with Gasteiger partial charge in [0.05, 0.1) is 0 Å². The first-order valence-corrected chi connectivity index (χ1v) is 6.38. The highest BCUT2D eigenvalue weighted by atomic mass is 16.1. The van der Waals surface area contributed by atoms with Crippen molar-refractivity contribution < 1.29 is 0 Å². The topological polar surface area (TPSA) is 64.2 Å². The third-order valence-electron chi connectivity index (χ3n) is 2.94. The van der Waals surface area contributed by atoms with Crippen LogP contribution in [0, 0.1) is 5.41 Å². The lowest BCUT2D eigenvalue weighted by Crippen LogP contribution is -2.40. The Balaban J connectivity index is 2.96. The van der Waals surface area contributed by atoms with Crippen molar-refractivity contribution in [3.63, 3.8) is 0 Å². The lowest BCUT2D eigenvalue weighted by molar-refractivity contribution is 0.383. The molecule has 0 atom stereocenters. The highest BCUT2D eigenvalue weighted by Crippen LogP contribution is 2.16. The number of aryl methyl sites for hydroxylation is 1. The van der Waals surface area contributed by atoms with Crippen molar-refractivity contribution in [1.29, 1.82) is 0 Å². The van der Waals surface area contributed by atoms with Crippen LogP contribution in [0.1, 0.15) is 27.2 Å². The first-order valence-electron chi connectivity index (χ1n) is 6.38. The Morgan fingerprint density at radius 3 is 2.72 bits per heavy atom. The molecular formula is C13H24N4O. The van der Waals surface area contributed by atoms with Gasteiger partial charge in [-0.05, 0) is 18.4 Å². The monoisotopic (exact) mass is 252 g/mol. The van der Waals surface area contributed by atoms with Crippen LogP contribution in [0.4, 0.5) is 5.82 Å². The van der Waals surface area contributed by atoms with Gasteiger partial charge in [0, 0.05) is 32.5 Å². The Morgan fingerprint density at radius 1 is 1.50 bits per heavy atom. The molecule has 5 heteroatoms. The molecule has 0 aromatic carbocycles. The number of aromatic nitrogens is 2. The van der Waals surface area contributed by atoms with E-state index in [9.17, 15) is 4.79 Å². The first-order chi connectivity index (χ1) is 8.41. The van der Waals surface area contributed by atoms with E-state index in [0.29, 0.717) is 18.9 Å². The minimum atomic E-state index is -0.0334. The molecule has 1 rings (SSSR count). The summed E-state index contributed by atoms with van der Waals surface area (Å²) in [7, 11) is 1.89. The average molecular weight is 252 g/mol. The van der Waals surface area contributed by atoms with Gasteiger partial charge in [-0.3, -0.25) is 4.79 Å². The number of rotatable bonds is 6. The second-order valence-electron chi connectivity index (χ2n) is 5.47. The Kier molecular flexibility index (Phi) is 4.90. The van der Waals surface area contributed by atoms with Gasteiger partial charge < -0.3 is 15.2 Å². The van der Waals surface area contributed by atoms with Gasteiger partial charge >= 0.3 is 0 Å². The van der Waals surface area contributed by atoms with Crippen LogP contribution in [-0.4, -0.2) is 29.7 Å². The Hall–Kier alpha value is -1.36. The van der Waals surface area contributed by atoms with Crippen LogP contribution in [0.25, 0.3) is 0 Å². The highest BCUT2D eigenvalue weighted by molar-refractivity contribution is 5.34. The largest absolute Gasteiger partial charge is 0.355 e. The van der Waals surface area contributed by atoms with E-state index in [0.717, 1.165) is 13.0 Å². The molecule has 1 aromatic heterocycles. The highest BCUT2D eigenvalue weighted by Gasteiger charge is 2.20. The van der Waals surface area contributed by atoms with Crippen LogP contribution in [0.15, 0.2) is 17.2 Å². The fourth-order valence-corrected chi connectivity index (χ4v) is 1.90. The zero-order chi connectivity index (χ0) is 13.8. The molecule has 0 saturated heterocycles. The Labute approximate surface area is 109 Å². The number of nitrogens with two attached hydrogens (primary N) is 1. The quantitative estimate of drug-likeness (QED) is 0.822. The third-order valence-corrected chi connectivity index (χ3v) is 2.94. The molecule has 0 aliphatic carbocycles. The molecule has 5 nitrogen and oxygen atoms in total. The van der Waals surface area contributed by atoms with Gasteiger partial charge in [0.2, 0.25) is 0 Å². The molecule has 0 saturated carbocycles. The van der Waals surface area contributed by atoms with Gasteiger partial charge in [-0.25, -0.2) is 4.98 Å². The van der Waals surface area contributed by atoms with Gasteiger partial charge in [0.1, 0.15) is 0 Å². The summed E-state index contributed by atoms with van der Waals surface area (Å²) in [6.45, 7) is 8.22. The summed E-state index contributed by atoms with van der Waals surface area (Å²) < 4.78 is 1.70. The predicted molar refractivity (Wildman–Crippen MR) is 74.9 cm³/mol. The van der Waals surface area contributed by atoms with Crippen molar-refractivity contribution in [2.75, 3.05) is 25.0 Å². The number of anilines is 1. The number of nitrogens with zero attached hydrogens (tertiary/aromatic N) is 3. The van der Waals surface area contributed by atoms with Gasteiger partial charge in [-0.15, -0.1) is 0 Å². The standard InChI is InChI=1S/C13H24N4O/c1-5-7-17-8-6-15-11(12(17)18)16(4)10-13(2,3)9-14/h6,8H,5,7,9-10,14H2,1-4H3. The van der Waals surface area contributed by atoms with Gasteiger partial charge in [-0.1, -0.05) is 20.8 Å². The van der Waals surface area contributed by atoms with Crippen molar-refractivity contribution in [2.24, 2.45) is 11.1 Å².